The normalized spacial score (nSPS) is 10.4. The van der Waals surface area contributed by atoms with E-state index in [9.17, 15) is 0 Å². The fourth-order valence-corrected chi connectivity index (χ4v) is 2.34. The summed E-state index contributed by atoms with van der Waals surface area (Å²) in [5, 5.41) is 18.2. The third-order valence-electron chi connectivity index (χ3n) is 2.41. The molecule has 17 heavy (non-hydrogen) atoms. The Hall–Kier alpha value is -1.64. The summed E-state index contributed by atoms with van der Waals surface area (Å²) >= 11 is 1.62. The molecule has 0 radical (unpaired) electrons. The third kappa shape index (κ3) is 3.41. The van der Waals surface area contributed by atoms with Crippen molar-refractivity contribution in [3.63, 3.8) is 0 Å². The van der Waals surface area contributed by atoms with E-state index in [0.717, 1.165) is 30.8 Å². The van der Waals surface area contributed by atoms with Crippen molar-refractivity contribution in [2.24, 2.45) is 7.05 Å². The molecule has 0 fully saturated rings. The zero-order valence-electron chi connectivity index (χ0n) is 9.68. The summed E-state index contributed by atoms with van der Waals surface area (Å²) < 4.78 is 1.81. The molecule has 0 bridgehead atoms. The van der Waals surface area contributed by atoms with E-state index >= 15 is 0 Å². The van der Waals surface area contributed by atoms with Crippen molar-refractivity contribution in [1.29, 1.82) is 5.26 Å². The Balaban J connectivity index is 1.71. The maximum absolute atomic E-state index is 8.70. The minimum Gasteiger partial charge on any atom is -0.311 e. The number of nitrogens with zero attached hydrogens (tertiary/aromatic N) is 3. The minimum atomic E-state index is 0.747. The Bertz CT molecular complexity index is 521. The van der Waals surface area contributed by atoms with E-state index in [1.165, 1.54) is 4.88 Å². The topological polar surface area (TPSA) is 53.6 Å². The Labute approximate surface area is 105 Å². The van der Waals surface area contributed by atoms with Gasteiger partial charge in [-0.15, -0.1) is 11.3 Å². The van der Waals surface area contributed by atoms with E-state index in [-0.39, 0.29) is 0 Å². The third-order valence-corrected chi connectivity index (χ3v) is 3.35. The highest BCUT2D eigenvalue weighted by Crippen LogP contribution is 2.13. The molecule has 0 saturated carbocycles. The van der Waals surface area contributed by atoms with Gasteiger partial charge in [0.25, 0.3) is 0 Å². The van der Waals surface area contributed by atoms with E-state index in [1.54, 1.807) is 11.3 Å². The SMILES string of the molecule is Cn1ccc(CCNCc2cc(C#N)cs2)n1. The molecule has 1 N–H and O–H groups in total. The number of aryl methyl sites for hydroxylation is 1. The molecule has 0 atom stereocenters. The molecule has 0 aliphatic carbocycles. The van der Waals surface area contributed by atoms with Gasteiger partial charge in [0.1, 0.15) is 6.07 Å². The lowest BCUT2D eigenvalue weighted by Crippen LogP contribution is -2.16. The van der Waals surface area contributed by atoms with Gasteiger partial charge < -0.3 is 5.32 Å². The lowest BCUT2D eigenvalue weighted by molar-refractivity contribution is 0.670. The standard InChI is InChI=1S/C12H14N4S/c1-16-5-3-11(15-16)2-4-14-8-12-6-10(7-13)9-17-12/h3,5-6,9,14H,2,4,8H2,1H3. The van der Waals surface area contributed by atoms with Crippen molar-refractivity contribution in [2.75, 3.05) is 6.54 Å². The van der Waals surface area contributed by atoms with Crippen LogP contribution < -0.4 is 5.32 Å². The van der Waals surface area contributed by atoms with Gasteiger partial charge in [-0.3, -0.25) is 4.68 Å². The van der Waals surface area contributed by atoms with Crippen molar-refractivity contribution in [3.05, 3.63) is 39.8 Å². The van der Waals surface area contributed by atoms with Gasteiger partial charge in [-0.25, -0.2) is 0 Å². The lowest BCUT2D eigenvalue weighted by Gasteiger charge is -2.00. The number of thiophene rings is 1. The molecule has 4 nitrogen and oxygen atoms in total. The molecule has 0 aliphatic rings. The van der Waals surface area contributed by atoms with Crippen LogP contribution in [0, 0.1) is 11.3 Å². The molecular formula is C12H14N4S. The smallest absolute Gasteiger partial charge is 0.100 e. The average molecular weight is 246 g/mol. The first-order valence-corrected chi connectivity index (χ1v) is 6.32. The van der Waals surface area contributed by atoms with Crippen molar-refractivity contribution in [1.82, 2.24) is 15.1 Å². The quantitative estimate of drug-likeness (QED) is 0.817. The van der Waals surface area contributed by atoms with E-state index in [0.29, 0.717) is 0 Å². The molecule has 2 aromatic heterocycles. The molecule has 0 saturated heterocycles. The van der Waals surface area contributed by atoms with Gasteiger partial charge in [-0.1, -0.05) is 0 Å². The van der Waals surface area contributed by atoms with Crippen LogP contribution in [0.3, 0.4) is 0 Å². The van der Waals surface area contributed by atoms with Gasteiger partial charge in [0.15, 0.2) is 0 Å². The van der Waals surface area contributed by atoms with Crippen LogP contribution >= 0.6 is 11.3 Å². The highest BCUT2D eigenvalue weighted by Gasteiger charge is 1.99. The second kappa shape index (κ2) is 5.62. The van der Waals surface area contributed by atoms with Crippen LogP contribution in [0.25, 0.3) is 0 Å². The molecule has 88 valence electrons. The monoisotopic (exact) mass is 246 g/mol. The fraction of sp³-hybridized carbons (Fsp3) is 0.333. The molecular weight excluding hydrogens is 232 g/mol. The first-order chi connectivity index (χ1) is 8.28. The van der Waals surface area contributed by atoms with Crippen LogP contribution in [0.5, 0.6) is 0 Å². The molecule has 2 aromatic rings. The Morgan fingerprint density at radius 3 is 3.12 bits per heavy atom. The van der Waals surface area contributed by atoms with E-state index in [1.807, 2.05) is 35.4 Å². The Kier molecular flexibility index (Phi) is 3.91. The largest absolute Gasteiger partial charge is 0.311 e. The molecule has 2 rings (SSSR count). The Morgan fingerprint density at radius 1 is 1.59 bits per heavy atom. The predicted octanol–water partition coefficient (Wildman–Crippen LogP) is 1.69. The average Bonchev–Trinajstić information content (AvgIpc) is 2.93. The van der Waals surface area contributed by atoms with Gasteiger partial charge in [-0.05, 0) is 12.1 Å². The summed E-state index contributed by atoms with van der Waals surface area (Å²) in [7, 11) is 1.92. The number of rotatable bonds is 5. The molecule has 5 heteroatoms. The molecule has 2 heterocycles. The second-order valence-corrected chi connectivity index (χ2v) is 4.82. The first kappa shape index (κ1) is 11.8. The van der Waals surface area contributed by atoms with Crippen LogP contribution in [0.1, 0.15) is 16.1 Å². The van der Waals surface area contributed by atoms with Crippen molar-refractivity contribution in [2.45, 2.75) is 13.0 Å². The van der Waals surface area contributed by atoms with Gasteiger partial charge >= 0.3 is 0 Å². The number of nitriles is 1. The molecule has 0 amide bonds. The minimum absolute atomic E-state index is 0.747. The zero-order chi connectivity index (χ0) is 12.1. The molecule has 0 spiro atoms. The first-order valence-electron chi connectivity index (χ1n) is 5.44. The van der Waals surface area contributed by atoms with Crippen LogP contribution in [-0.4, -0.2) is 16.3 Å². The van der Waals surface area contributed by atoms with Crippen LogP contribution in [0.2, 0.25) is 0 Å². The zero-order valence-corrected chi connectivity index (χ0v) is 10.5. The summed E-state index contributed by atoms with van der Waals surface area (Å²) in [4.78, 5) is 1.20. The van der Waals surface area contributed by atoms with E-state index < -0.39 is 0 Å². The van der Waals surface area contributed by atoms with Crippen LogP contribution in [-0.2, 0) is 20.0 Å². The number of hydrogen-bond donors (Lipinski definition) is 1. The van der Waals surface area contributed by atoms with Crippen LogP contribution in [0.15, 0.2) is 23.7 Å². The molecule has 0 aliphatic heterocycles. The fourth-order valence-electron chi connectivity index (χ4n) is 1.56. The molecule has 0 aromatic carbocycles. The summed E-state index contributed by atoms with van der Waals surface area (Å²) in [5.41, 5.74) is 1.85. The van der Waals surface area contributed by atoms with Crippen LogP contribution in [0.4, 0.5) is 0 Å². The highest BCUT2D eigenvalue weighted by molar-refractivity contribution is 7.10. The molecule has 0 unspecified atom stereocenters. The highest BCUT2D eigenvalue weighted by atomic mass is 32.1. The summed E-state index contributed by atoms with van der Waals surface area (Å²) in [6.45, 7) is 1.72. The van der Waals surface area contributed by atoms with E-state index in [4.69, 9.17) is 5.26 Å². The van der Waals surface area contributed by atoms with Gasteiger partial charge in [0.2, 0.25) is 0 Å². The van der Waals surface area contributed by atoms with Crippen molar-refractivity contribution >= 4 is 11.3 Å². The summed E-state index contributed by atoms with van der Waals surface area (Å²) in [5.74, 6) is 0. The van der Waals surface area contributed by atoms with Crippen molar-refractivity contribution in [3.8, 4) is 6.07 Å². The van der Waals surface area contributed by atoms with Gasteiger partial charge in [0, 0.05) is 43.0 Å². The van der Waals surface area contributed by atoms with Crippen molar-refractivity contribution < 1.29 is 0 Å². The predicted molar refractivity (Wildman–Crippen MR) is 67.7 cm³/mol. The number of aromatic nitrogens is 2. The maximum atomic E-state index is 8.70. The summed E-state index contributed by atoms with van der Waals surface area (Å²) in [6, 6.07) is 6.09. The second-order valence-electron chi connectivity index (χ2n) is 3.82. The Morgan fingerprint density at radius 2 is 2.47 bits per heavy atom. The number of hydrogen-bond acceptors (Lipinski definition) is 4. The maximum Gasteiger partial charge on any atom is 0.100 e. The van der Waals surface area contributed by atoms with Gasteiger partial charge in [0.05, 0.1) is 11.3 Å². The number of nitrogens with one attached hydrogen (secondary N) is 1. The lowest BCUT2D eigenvalue weighted by atomic mass is 10.3. The summed E-state index contributed by atoms with van der Waals surface area (Å²) in [6.07, 6.45) is 2.88. The van der Waals surface area contributed by atoms with Gasteiger partial charge in [-0.2, -0.15) is 10.4 Å². The van der Waals surface area contributed by atoms with E-state index in [2.05, 4.69) is 16.5 Å².